The molecule has 1 amide bonds. The molecular weight excluding hydrogens is 168 g/mol. The summed E-state index contributed by atoms with van der Waals surface area (Å²) in [5.41, 5.74) is 0. The van der Waals surface area contributed by atoms with Gasteiger partial charge >= 0.3 is 0 Å². The summed E-state index contributed by atoms with van der Waals surface area (Å²) in [6.07, 6.45) is 0.501. The number of amides is 1. The van der Waals surface area contributed by atoms with Gasteiger partial charge in [-0.2, -0.15) is 0 Å². The molecule has 0 bridgehead atoms. The van der Waals surface area contributed by atoms with Gasteiger partial charge in [-0.1, -0.05) is 0 Å². The van der Waals surface area contributed by atoms with E-state index in [1.807, 2.05) is 4.90 Å². The maximum absolute atomic E-state index is 11.6. The zero-order valence-corrected chi connectivity index (χ0v) is 8.38. The number of nitrogens with zero attached hydrogens (tertiary/aromatic N) is 1. The van der Waals surface area contributed by atoms with Gasteiger partial charge in [-0.3, -0.25) is 4.79 Å². The van der Waals surface area contributed by atoms with Crippen LogP contribution >= 0.6 is 0 Å². The highest BCUT2D eigenvalue weighted by atomic mass is 16.5. The predicted octanol–water partition coefficient (Wildman–Crippen LogP) is -0.157. The molecule has 0 spiro atoms. The number of hydrogen-bond acceptors (Lipinski definition) is 3. The molecule has 0 unspecified atom stereocenters. The maximum atomic E-state index is 11.6. The number of carbonyl (C=O) groups excluding carboxylic acids is 1. The minimum absolute atomic E-state index is 0.204. The quantitative estimate of drug-likeness (QED) is 0.666. The van der Waals surface area contributed by atoms with Gasteiger partial charge in [0.25, 0.3) is 0 Å². The highest BCUT2D eigenvalue weighted by Crippen LogP contribution is 2.04. The molecule has 1 aliphatic rings. The molecule has 0 aromatic carbocycles. The molecule has 4 nitrogen and oxygen atoms in total. The molecule has 1 heterocycles. The van der Waals surface area contributed by atoms with Crippen molar-refractivity contribution < 1.29 is 9.53 Å². The Morgan fingerprint density at radius 2 is 2.46 bits per heavy atom. The van der Waals surface area contributed by atoms with Crippen LogP contribution in [0.25, 0.3) is 0 Å². The molecule has 1 aliphatic heterocycles. The third-order valence-corrected chi connectivity index (χ3v) is 2.34. The maximum Gasteiger partial charge on any atom is 0.225 e. The number of rotatable bonds is 3. The van der Waals surface area contributed by atoms with E-state index in [9.17, 15) is 4.79 Å². The molecule has 13 heavy (non-hydrogen) atoms. The zero-order chi connectivity index (χ0) is 9.68. The Morgan fingerprint density at radius 1 is 1.69 bits per heavy atom. The number of hydrogen-bond donors (Lipinski definition) is 1. The summed E-state index contributed by atoms with van der Waals surface area (Å²) in [6, 6.07) is 0.318. The number of nitrogens with one attached hydrogen (secondary N) is 1. The van der Waals surface area contributed by atoms with E-state index in [1.54, 1.807) is 7.11 Å². The second-order valence-electron chi connectivity index (χ2n) is 3.38. The van der Waals surface area contributed by atoms with Crippen molar-refractivity contribution in [1.29, 1.82) is 0 Å². The van der Waals surface area contributed by atoms with Gasteiger partial charge in [0.15, 0.2) is 0 Å². The Hall–Kier alpha value is -0.610. The second kappa shape index (κ2) is 5.19. The Bertz CT molecular complexity index is 173. The van der Waals surface area contributed by atoms with E-state index in [-0.39, 0.29) is 5.91 Å². The first-order chi connectivity index (χ1) is 6.25. The standard InChI is InChI=1S/C9H18N2O2/c1-8-7-10-4-5-11(8)9(12)3-6-13-2/h8,10H,3-7H2,1-2H3/t8-/m1/s1. The van der Waals surface area contributed by atoms with Gasteiger partial charge < -0.3 is 15.0 Å². The molecule has 1 atom stereocenters. The van der Waals surface area contributed by atoms with Crippen LogP contribution in [0.5, 0.6) is 0 Å². The first-order valence-corrected chi connectivity index (χ1v) is 4.75. The summed E-state index contributed by atoms with van der Waals surface area (Å²) < 4.78 is 4.88. The Labute approximate surface area is 79.2 Å². The van der Waals surface area contributed by atoms with E-state index in [2.05, 4.69) is 12.2 Å². The van der Waals surface area contributed by atoms with Crippen molar-refractivity contribution in [1.82, 2.24) is 10.2 Å². The third-order valence-electron chi connectivity index (χ3n) is 2.34. The summed E-state index contributed by atoms with van der Waals surface area (Å²) in [4.78, 5) is 13.5. The molecule has 0 aromatic rings. The van der Waals surface area contributed by atoms with Crippen LogP contribution in [0.3, 0.4) is 0 Å². The minimum atomic E-state index is 0.204. The van der Waals surface area contributed by atoms with Crippen LogP contribution in [0.15, 0.2) is 0 Å². The van der Waals surface area contributed by atoms with Crippen LogP contribution in [-0.4, -0.2) is 50.2 Å². The van der Waals surface area contributed by atoms with Gasteiger partial charge in [0.2, 0.25) is 5.91 Å². The van der Waals surface area contributed by atoms with Gasteiger partial charge in [0.1, 0.15) is 0 Å². The minimum Gasteiger partial charge on any atom is -0.384 e. The summed E-state index contributed by atoms with van der Waals surface area (Å²) in [7, 11) is 1.62. The van der Waals surface area contributed by atoms with Crippen LogP contribution in [-0.2, 0) is 9.53 Å². The van der Waals surface area contributed by atoms with E-state index in [1.165, 1.54) is 0 Å². The second-order valence-corrected chi connectivity index (χ2v) is 3.38. The number of piperazine rings is 1. The summed E-state index contributed by atoms with van der Waals surface area (Å²) in [6.45, 7) is 5.22. The normalized spacial score (nSPS) is 23.2. The van der Waals surface area contributed by atoms with Crippen molar-refractivity contribution in [2.24, 2.45) is 0 Å². The Morgan fingerprint density at radius 3 is 3.08 bits per heavy atom. The predicted molar refractivity (Wildman–Crippen MR) is 50.5 cm³/mol. The van der Waals surface area contributed by atoms with Gasteiger partial charge in [-0.15, -0.1) is 0 Å². The van der Waals surface area contributed by atoms with Gasteiger partial charge in [-0.25, -0.2) is 0 Å². The summed E-state index contributed by atoms with van der Waals surface area (Å²) in [5.74, 6) is 0.204. The van der Waals surface area contributed by atoms with Crippen LogP contribution in [0.4, 0.5) is 0 Å². The molecule has 1 rings (SSSR count). The molecule has 4 heteroatoms. The Balaban J connectivity index is 2.35. The van der Waals surface area contributed by atoms with Crippen LogP contribution in [0.2, 0.25) is 0 Å². The zero-order valence-electron chi connectivity index (χ0n) is 8.38. The average Bonchev–Trinajstić information content (AvgIpc) is 2.15. The van der Waals surface area contributed by atoms with Gasteiger partial charge in [-0.05, 0) is 6.92 Å². The van der Waals surface area contributed by atoms with Crippen molar-refractivity contribution in [2.45, 2.75) is 19.4 Å². The van der Waals surface area contributed by atoms with Crippen molar-refractivity contribution in [3.8, 4) is 0 Å². The van der Waals surface area contributed by atoms with Crippen molar-refractivity contribution in [3.63, 3.8) is 0 Å². The van der Waals surface area contributed by atoms with Crippen molar-refractivity contribution in [3.05, 3.63) is 0 Å². The highest BCUT2D eigenvalue weighted by Gasteiger charge is 2.21. The molecule has 0 aliphatic carbocycles. The monoisotopic (exact) mass is 186 g/mol. The lowest BCUT2D eigenvalue weighted by atomic mass is 10.2. The summed E-state index contributed by atoms with van der Waals surface area (Å²) in [5, 5.41) is 3.25. The SMILES string of the molecule is COCCC(=O)N1CCNC[C@H]1C. The van der Waals surface area contributed by atoms with E-state index in [4.69, 9.17) is 4.74 Å². The molecule has 0 saturated carbocycles. The first-order valence-electron chi connectivity index (χ1n) is 4.75. The van der Waals surface area contributed by atoms with E-state index >= 15 is 0 Å². The molecule has 1 saturated heterocycles. The van der Waals surface area contributed by atoms with E-state index in [0.29, 0.717) is 19.1 Å². The molecule has 1 N–H and O–H groups in total. The lowest BCUT2D eigenvalue weighted by Crippen LogP contribution is -2.52. The van der Waals surface area contributed by atoms with Crippen LogP contribution in [0, 0.1) is 0 Å². The molecule has 0 radical (unpaired) electrons. The Kier molecular flexibility index (Phi) is 4.18. The van der Waals surface area contributed by atoms with Crippen molar-refractivity contribution >= 4 is 5.91 Å². The fraction of sp³-hybridized carbons (Fsp3) is 0.889. The lowest BCUT2D eigenvalue weighted by Gasteiger charge is -2.34. The number of ether oxygens (including phenoxy) is 1. The smallest absolute Gasteiger partial charge is 0.225 e. The van der Waals surface area contributed by atoms with Gasteiger partial charge in [0, 0.05) is 32.8 Å². The molecule has 76 valence electrons. The van der Waals surface area contributed by atoms with Crippen LogP contribution < -0.4 is 5.32 Å². The fourth-order valence-electron chi connectivity index (χ4n) is 1.54. The molecular formula is C9H18N2O2. The van der Waals surface area contributed by atoms with Gasteiger partial charge in [0.05, 0.1) is 13.0 Å². The fourth-order valence-corrected chi connectivity index (χ4v) is 1.54. The number of methoxy groups -OCH3 is 1. The van der Waals surface area contributed by atoms with Crippen molar-refractivity contribution in [2.75, 3.05) is 33.4 Å². The third kappa shape index (κ3) is 2.97. The molecule has 1 fully saturated rings. The highest BCUT2D eigenvalue weighted by molar-refractivity contribution is 5.76. The number of carbonyl (C=O) groups is 1. The first kappa shape index (κ1) is 10.5. The van der Waals surface area contributed by atoms with E-state index < -0.39 is 0 Å². The largest absolute Gasteiger partial charge is 0.384 e. The van der Waals surface area contributed by atoms with Crippen LogP contribution in [0.1, 0.15) is 13.3 Å². The molecule has 0 aromatic heterocycles. The summed E-state index contributed by atoms with van der Waals surface area (Å²) >= 11 is 0. The lowest BCUT2D eigenvalue weighted by molar-refractivity contribution is -0.134. The average molecular weight is 186 g/mol. The topological polar surface area (TPSA) is 41.6 Å². The van der Waals surface area contributed by atoms with E-state index in [0.717, 1.165) is 19.6 Å².